The van der Waals surface area contributed by atoms with Crippen molar-refractivity contribution in [1.82, 2.24) is 14.5 Å². The van der Waals surface area contributed by atoms with E-state index in [4.69, 9.17) is 14.9 Å². The van der Waals surface area contributed by atoms with Crippen molar-refractivity contribution in [3.8, 4) is 22.9 Å². The van der Waals surface area contributed by atoms with Crippen molar-refractivity contribution >= 4 is 11.3 Å². The molecule has 0 N–H and O–H groups in total. The first-order valence-electron chi connectivity index (χ1n) is 5.65. The molecule has 0 unspecified atom stereocenters. The van der Waals surface area contributed by atoms with E-state index in [9.17, 15) is 0 Å². The Hall–Kier alpha value is -2.90. The van der Waals surface area contributed by atoms with Crippen LogP contribution in [-0.4, -0.2) is 14.5 Å². The molecule has 96 valence electrons. The highest BCUT2D eigenvalue weighted by atomic mass is 32.1. The van der Waals surface area contributed by atoms with Gasteiger partial charge < -0.3 is 8.98 Å². The predicted molar refractivity (Wildman–Crippen MR) is 70.6 cm³/mol. The van der Waals surface area contributed by atoms with Gasteiger partial charge in [-0.25, -0.2) is 9.97 Å². The number of nitriles is 2. The average molecular weight is 281 g/mol. The molecule has 0 aliphatic rings. The van der Waals surface area contributed by atoms with Crippen molar-refractivity contribution < 1.29 is 4.42 Å². The molecule has 0 atom stereocenters. The summed E-state index contributed by atoms with van der Waals surface area (Å²) < 4.78 is 6.98. The third kappa shape index (κ3) is 2.07. The van der Waals surface area contributed by atoms with Gasteiger partial charge in [-0.3, -0.25) is 0 Å². The Labute approximate surface area is 118 Å². The lowest BCUT2D eigenvalue weighted by Gasteiger charge is -1.98. The number of oxazole rings is 1. The zero-order chi connectivity index (χ0) is 13.9. The number of aromatic nitrogens is 3. The van der Waals surface area contributed by atoms with Gasteiger partial charge in [-0.05, 0) is 11.4 Å². The van der Waals surface area contributed by atoms with Gasteiger partial charge in [0.25, 0.3) is 0 Å². The van der Waals surface area contributed by atoms with Gasteiger partial charge in [-0.1, -0.05) is 6.07 Å². The molecule has 0 saturated heterocycles. The van der Waals surface area contributed by atoms with Crippen LogP contribution in [0.5, 0.6) is 0 Å². The smallest absolute Gasteiger partial charge is 0.236 e. The molecule has 20 heavy (non-hydrogen) atoms. The highest BCUT2D eigenvalue weighted by molar-refractivity contribution is 7.13. The Morgan fingerprint density at radius 2 is 2.25 bits per heavy atom. The molecule has 7 heteroatoms. The minimum atomic E-state index is 0.120. The quantitative estimate of drug-likeness (QED) is 0.735. The fourth-order valence-corrected chi connectivity index (χ4v) is 2.42. The van der Waals surface area contributed by atoms with E-state index in [-0.39, 0.29) is 11.4 Å². The molecule has 0 bridgehead atoms. The van der Waals surface area contributed by atoms with Crippen LogP contribution in [0.1, 0.15) is 17.1 Å². The zero-order valence-electron chi connectivity index (χ0n) is 10.1. The maximum absolute atomic E-state index is 9.05. The number of rotatable bonds is 3. The molecule has 3 rings (SSSR count). The lowest BCUT2D eigenvalue weighted by atomic mass is 10.3. The van der Waals surface area contributed by atoms with Crippen LogP contribution in [0.25, 0.3) is 10.8 Å². The molecular formula is C13H7N5OS. The van der Waals surface area contributed by atoms with Crippen molar-refractivity contribution in [2.45, 2.75) is 6.54 Å². The van der Waals surface area contributed by atoms with E-state index in [2.05, 4.69) is 9.97 Å². The summed E-state index contributed by atoms with van der Waals surface area (Å²) in [6, 6.07) is 7.70. The molecule has 0 amide bonds. The molecular weight excluding hydrogens is 274 g/mol. The van der Waals surface area contributed by atoms with E-state index in [1.54, 1.807) is 22.2 Å². The number of imidazole rings is 1. The lowest BCUT2D eigenvalue weighted by molar-refractivity contribution is 0.573. The van der Waals surface area contributed by atoms with Crippen molar-refractivity contribution in [3.05, 3.63) is 47.2 Å². The summed E-state index contributed by atoms with van der Waals surface area (Å²) >= 11 is 1.54. The molecule has 0 aliphatic heterocycles. The molecule has 0 spiro atoms. The summed E-state index contributed by atoms with van der Waals surface area (Å²) in [6.07, 6.45) is 3.00. The molecule has 3 aromatic heterocycles. The highest BCUT2D eigenvalue weighted by Gasteiger charge is 2.13. The summed E-state index contributed by atoms with van der Waals surface area (Å²) in [7, 11) is 0. The van der Waals surface area contributed by atoms with E-state index < -0.39 is 0 Å². The van der Waals surface area contributed by atoms with E-state index in [1.165, 1.54) is 6.33 Å². The number of thiophene rings is 1. The topological polar surface area (TPSA) is 91.4 Å². The van der Waals surface area contributed by atoms with Crippen molar-refractivity contribution in [2.24, 2.45) is 0 Å². The largest absolute Gasteiger partial charge is 0.443 e. The second-order valence-electron chi connectivity index (χ2n) is 3.91. The van der Waals surface area contributed by atoms with E-state index in [1.807, 2.05) is 29.7 Å². The Kier molecular flexibility index (Phi) is 3.04. The van der Waals surface area contributed by atoms with Crippen molar-refractivity contribution in [3.63, 3.8) is 0 Å². The second kappa shape index (κ2) is 5.00. The van der Waals surface area contributed by atoms with Gasteiger partial charge in [0.05, 0.1) is 23.4 Å². The average Bonchev–Trinajstić information content (AvgIpc) is 3.19. The lowest BCUT2D eigenvalue weighted by Crippen LogP contribution is -2.01. The van der Waals surface area contributed by atoms with Crippen LogP contribution in [-0.2, 0) is 6.54 Å². The van der Waals surface area contributed by atoms with E-state index in [0.717, 1.165) is 4.88 Å². The highest BCUT2D eigenvalue weighted by Crippen LogP contribution is 2.24. The predicted octanol–water partition coefficient (Wildman–Crippen LogP) is 2.39. The Bertz CT molecular complexity index is 816. The summed E-state index contributed by atoms with van der Waals surface area (Å²) in [4.78, 5) is 9.19. The van der Waals surface area contributed by atoms with Gasteiger partial charge in [0.2, 0.25) is 5.89 Å². The molecule has 0 radical (unpaired) electrons. The minimum Gasteiger partial charge on any atom is -0.443 e. The summed E-state index contributed by atoms with van der Waals surface area (Å²) in [5, 5.41) is 19.8. The number of nitrogens with zero attached hydrogens (tertiary/aromatic N) is 5. The molecule has 0 fully saturated rings. The van der Waals surface area contributed by atoms with Crippen molar-refractivity contribution in [1.29, 1.82) is 10.5 Å². The third-order valence-electron chi connectivity index (χ3n) is 2.67. The molecule has 3 aromatic rings. The van der Waals surface area contributed by atoms with Gasteiger partial charge in [-0.15, -0.1) is 11.3 Å². The monoisotopic (exact) mass is 281 g/mol. The van der Waals surface area contributed by atoms with Gasteiger partial charge in [0, 0.05) is 0 Å². The van der Waals surface area contributed by atoms with E-state index in [0.29, 0.717) is 18.1 Å². The van der Waals surface area contributed by atoms with Crippen molar-refractivity contribution in [2.75, 3.05) is 0 Å². The molecule has 0 saturated carbocycles. The van der Waals surface area contributed by atoms with Gasteiger partial charge in [0.15, 0.2) is 11.4 Å². The number of hydrogen-bond acceptors (Lipinski definition) is 6. The van der Waals surface area contributed by atoms with E-state index >= 15 is 0 Å². The zero-order valence-corrected chi connectivity index (χ0v) is 11.0. The van der Waals surface area contributed by atoms with Gasteiger partial charge in [-0.2, -0.15) is 10.5 Å². The molecule has 0 aliphatic carbocycles. The standard InChI is InChI=1S/C13H7N5OS/c14-4-10-11(5-15)18(8-16-10)6-9-7-19-13(17-9)12-2-1-3-20-12/h1-3,7-8H,6H2. The van der Waals surface area contributed by atoms with Crippen LogP contribution < -0.4 is 0 Å². The third-order valence-corrected chi connectivity index (χ3v) is 3.52. The first-order valence-corrected chi connectivity index (χ1v) is 6.53. The summed E-state index contributed by atoms with van der Waals surface area (Å²) in [6.45, 7) is 0.340. The van der Waals surface area contributed by atoms with Crippen LogP contribution in [0.4, 0.5) is 0 Å². The second-order valence-corrected chi connectivity index (χ2v) is 4.86. The summed E-state index contributed by atoms with van der Waals surface area (Å²) in [5.41, 5.74) is 1.02. The molecule has 3 heterocycles. The van der Waals surface area contributed by atoms with Crippen LogP contribution in [0.15, 0.2) is 34.5 Å². The minimum absolute atomic E-state index is 0.120. The molecule has 0 aromatic carbocycles. The Morgan fingerprint density at radius 1 is 1.35 bits per heavy atom. The first kappa shape index (κ1) is 12.2. The van der Waals surface area contributed by atoms with Gasteiger partial charge in [0.1, 0.15) is 18.4 Å². The fourth-order valence-electron chi connectivity index (χ4n) is 1.77. The first-order chi connectivity index (χ1) is 9.81. The van der Waals surface area contributed by atoms with Crippen LogP contribution in [0, 0.1) is 22.7 Å². The van der Waals surface area contributed by atoms with Crippen LogP contribution >= 0.6 is 11.3 Å². The molecule has 6 nitrogen and oxygen atoms in total. The SMILES string of the molecule is N#Cc1ncn(Cc2coc(-c3cccs3)n2)c1C#N. The van der Waals surface area contributed by atoms with Crippen LogP contribution in [0.3, 0.4) is 0 Å². The Morgan fingerprint density at radius 3 is 2.95 bits per heavy atom. The fraction of sp³-hybridized carbons (Fsp3) is 0.0769. The maximum atomic E-state index is 9.05. The van der Waals surface area contributed by atoms with Gasteiger partial charge >= 0.3 is 0 Å². The summed E-state index contributed by atoms with van der Waals surface area (Å²) in [5.74, 6) is 0.550. The Balaban J connectivity index is 1.88. The van der Waals surface area contributed by atoms with Crippen LogP contribution in [0.2, 0.25) is 0 Å². The maximum Gasteiger partial charge on any atom is 0.236 e. The normalized spacial score (nSPS) is 10.1. The number of hydrogen-bond donors (Lipinski definition) is 0.